The summed E-state index contributed by atoms with van der Waals surface area (Å²) in [5.74, 6) is 1.47. The molecule has 0 radical (unpaired) electrons. The molecule has 1 fully saturated rings. The van der Waals surface area contributed by atoms with Gasteiger partial charge in [-0.1, -0.05) is 12.6 Å². The first kappa shape index (κ1) is 4.72. The summed E-state index contributed by atoms with van der Waals surface area (Å²) in [6, 6.07) is 1.59. The van der Waals surface area contributed by atoms with Crippen LogP contribution in [0.3, 0.4) is 0 Å². The van der Waals surface area contributed by atoms with E-state index in [2.05, 4.69) is 17.8 Å². The Labute approximate surface area is 44.6 Å². The quantitative estimate of drug-likeness (QED) is 0.434. The highest BCUT2D eigenvalue weighted by atomic mass is 32.4. The second kappa shape index (κ2) is 2.03. The van der Waals surface area contributed by atoms with E-state index >= 15 is 0 Å². The molecule has 1 rings (SSSR count). The molecule has 0 aromatic heterocycles. The van der Waals surface area contributed by atoms with Crippen molar-refractivity contribution in [3.05, 3.63) is 0 Å². The monoisotopic (exact) mass is 118 g/mol. The summed E-state index contributed by atoms with van der Waals surface area (Å²) in [7, 11) is -0.133. The smallest absolute Gasteiger partial charge is 0.0982 e. The molecule has 2 heteroatoms. The van der Waals surface area contributed by atoms with Crippen LogP contribution in [-0.4, -0.2) is 13.7 Å². The Hall–Kier alpha value is 0.567. The fourth-order valence-corrected chi connectivity index (χ4v) is 5.42. The number of rotatable bonds is 0. The standard InChI is InChI=1S/C4H10SSi/c1-6-4-2-3-5-6/h6H,2-4H2,1H3. The van der Waals surface area contributed by atoms with Gasteiger partial charge in [-0.05, 0) is 12.2 Å². The molecule has 0 aromatic carbocycles. The zero-order valence-electron chi connectivity index (χ0n) is 4.11. The molecule has 0 nitrogen and oxygen atoms in total. The fourth-order valence-electron chi connectivity index (χ4n) is 0.739. The molecule has 0 bridgehead atoms. The molecule has 36 valence electrons. The Morgan fingerprint density at radius 1 is 1.67 bits per heavy atom. The van der Waals surface area contributed by atoms with E-state index in [1.54, 1.807) is 6.04 Å². The first-order valence-corrected chi connectivity index (χ1v) is 6.94. The van der Waals surface area contributed by atoms with Crippen LogP contribution in [0.1, 0.15) is 6.42 Å². The average Bonchev–Trinajstić information content (AvgIpc) is 1.86. The average molecular weight is 118 g/mol. The van der Waals surface area contributed by atoms with Gasteiger partial charge in [-0.2, -0.15) is 11.2 Å². The van der Waals surface area contributed by atoms with Crippen molar-refractivity contribution in [2.24, 2.45) is 0 Å². The van der Waals surface area contributed by atoms with Crippen molar-refractivity contribution in [3.8, 4) is 0 Å². The molecule has 0 spiro atoms. The molecule has 1 saturated heterocycles. The summed E-state index contributed by atoms with van der Waals surface area (Å²) in [6.07, 6.45) is 1.51. The highest BCUT2D eigenvalue weighted by Gasteiger charge is 2.09. The zero-order valence-corrected chi connectivity index (χ0v) is 6.08. The van der Waals surface area contributed by atoms with Gasteiger partial charge >= 0.3 is 0 Å². The first-order chi connectivity index (χ1) is 2.89. The third kappa shape index (κ3) is 1.01. The van der Waals surface area contributed by atoms with Crippen molar-refractivity contribution in [1.29, 1.82) is 0 Å². The Morgan fingerprint density at radius 3 is 2.67 bits per heavy atom. The topological polar surface area (TPSA) is 0 Å². The van der Waals surface area contributed by atoms with E-state index in [4.69, 9.17) is 0 Å². The van der Waals surface area contributed by atoms with Crippen molar-refractivity contribution in [1.82, 2.24) is 0 Å². The summed E-state index contributed by atoms with van der Waals surface area (Å²) in [4.78, 5) is 0. The Balaban J connectivity index is 2.18. The molecule has 1 heterocycles. The van der Waals surface area contributed by atoms with Crippen molar-refractivity contribution in [2.45, 2.75) is 19.0 Å². The molecular formula is C4H10SSi. The summed E-state index contributed by atoms with van der Waals surface area (Å²) in [6.45, 7) is 2.44. The number of hydrogen-bond donors (Lipinski definition) is 0. The van der Waals surface area contributed by atoms with Crippen LogP contribution < -0.4 is 0 Å². The predicted octanol–water partition coefficient (Wildman–Crippen LogP) is 1.48. The maximum absolute atomic E-state index is 2.44. The lowest BCUT2D eigenvalue weighted by Crippen LogP contribution is -1.88. The van der Waals surface area contributed by atoms with Gasteiger partial charge in [0, 0.05) is 0 Å². The lowest BCUT2D eigenvalue weighted by molar-refractivity contribution is 1.11. The van der Waals surface area contributed by atoms with Crippen LogP contribution in [0.2, 0.25) is 12.6 Å². The maximum atomic E-state index is 2.44. The lowest BCUT2D eigenvalue weighted by Gasteiger charge is -1.88. The predicted molar refractivity (Wildman–Crippen MR) is 34.9 cm³/mol. The van der Waals surface area contributed by atoms with Gasteiger partial charge in [0.2, 0.25) is 0 Å². The van der Waals surface area contributed by atoms with Crippen LogP contribution in [-0.2, 0) is 0 Å². The molecule has 1 aliphatic rings. The van der Waals surface area contributed by atoms with Crippen LogP contribution >= 0.6 is 11.2 Å². The molecule has 1 unspecified atom stereocenters. The van der Waals surface area contributed by atoms with Gasteiger partial charge in [0.05, 0.1) is 7.95 Å². The van der Waals surface area contributed by atoms with Gasteiger partial charge in [0.15, 0.2) is 0 Å². The van der Waals surface area contributed by atoms with Gasteiger partial charge < -0.3 is 0 Å². The van der Waals surface area contributed by atoms with Gasteiger partial charge in [-0.15, -0.1) is 0 Å². The molecule has 0 aromatic rings. The van der Waals surface area contributed by atoms with Crippen molar-refractivity contribution in [3.63, 3.8) is 0 Å². The Morgan fingerprint density at radius 2 is 2.50 bits per heavy atom. The third-order valence-corrected chi connectivity index (χ3v) is 6.59. The summed E-state index contributed by atoms with van der Waals surface area (Å²) >= 11 is 2.24. The molecule has 0 amide bonds. The second-order valence-corrected chi connectivity index (χ2v) is 8.18. The molecule has 0 saturated carbocycles. The molecule has 1 atom stereocenters. The molecule has 0 N–H and O–H groups in total. The van der Waals surface area contributed by atoms with E-state index in [0.717, 1.165) is 0 Å². The molecule has 1 aliphatic heterocycles. The normalized spacial score (nSPS) is 34.5. The highest BCUT2D eigenvalue weighted by Crippen LogP contribution is 2.22. The molecule has 0 aliphatic carbocycles. The van der Waals surface area contributed by atoms with Crippen LogP contribution in [0, 0.1) is 0 Å². The maximum Gasteiger partial charge on any atom is 0.0982 e. The van der Waals surface area contributed by atoms with Crippen molar-refractivity contribution >= 4 is 19.2 Å². The minimum atomic E-state index is -0.133. The third-order valence-electron chi connectivity index (χ3n) is 1.16. The van der Waals surface area contributed by atoms with Crippen molar-refractivity contribution < 1.29 is 0 Å². The Kier molecular flexibility index (Phi) is 1.59. The Bertz CT molecular complexity index is 40.8. The van der Waals surface area contributed by atoms with Crippen LogP contribution in [0.5, 0.6) is 0 Å². The van der Waals surface area contributed by atoms with Gasteiger partial charge in [-0.3, -0.25) is 0 Å². The van der Waals surface area contributed by atoms with Gasteiger partial charge in [-0.25, -0.2) is 0 Å². The first-order valence-electron chi connectivity index (χ1n) is 2.51. The summed E-state index contributed by atoms with van der Waals surface area (Å²) in [5, 5.41) is 0. The zero-order chi connectivity index (χ0) is 4.41. The lowest BCUT2D eigenvalue weighted by atomic mass is 10.6. The van der Waals surface area contributed by atoms with E-state index in [9.17, 15) is 0 Å². The summed E-state index contributed by atoms with van der Waals surface area (Å²) in [5.41, 5.74) is 0. The largest absolute Gasteiger partial charge is 0.190 e. The van der Waals surface area contributed by atoms with Crippen LogP contribution in [0.4, 0.5) is 0 Å². The fraction of sp³-hybridized carbons (Fsp3) is 1.00. The van der Waals surface area contributed by atoms with E-state index in [1.807, 2.05) is 0 Å². The van der Waals surface area contributed by atoms with Gasteiger partial charge in [0.1, 0.15) is 0 Å². The van der Waals surface area contributed by atoms with Crippen LogP contribution in [0.15, 0.2) is 0 Å². The minimum absolute atomic E-state index is 0.133. The minimum Gasteiger partial charge on any atom is -0.190 e. The molecular weight excluding hydrogens is 108 g/mol. The van der Waals surface area contributed by atoms with E-state index < -0.39 is 0 Å². The van der Waals surface area contributed by atoms with E-state index in [1.165, 1.54) is 12.2 Å². The van der Waals surface area contributed by atoms with E-state index in [-0.39, 0.29) is 7.95 Å². The SMILES string of the molecule is C[SiH]1CCCS1. The van der Waals surface area contributed by atoms with Crippen LogP contribution in [0.25, 0.3) is 0 Å². The van der Waals surface area contributed by atoms with E-state index in [0.29, 0.717) is 0 Å². The van der Waals surface area contributed by atoms with Gasteiger partial charge in [0.25, 0.3) is 0 Å². The van der Waals surface area contributed by atoms with Crippen molar-refractivity contribution in [2.75, 3.05) is 5.75 Å². The summed E-state index contributed by atoms with van der Waals surface area (Å²) < 4.78 is 0. The number of hydrogen-bond acceptors (Lipinski definition) is 1. The molecule has 6 heavy (non-hydrogen) atoms. The highest BCUT2D eigenvalue weighted by molar-refractivity contribution is 8.25. The second-order valence-electron chi connectivity index (χ2n) is 1.82.